The highest BCUT2D eigenvalue weighted by atomic mass is 16.5. The lowest BCUT2D eigenvalue weighted by Gasteiger charge is -2.23. The summed E-state index contributed by atoms with van der Waals surface area (Å²) in [6.45, 7) is 2.41. The van der Waals surface area contributed by atoms with E-state index in [0.29, 0.717) is 19.3 Å². The van der Waals surface area contributed by atoms with E-state index in [2.05, 4.69) is 17.4 Å². The van der Waals surface area contributed by atoms with Crippen LogP contribution in [0.15, 0.2) is 24.3 Å². The number of hydrogen-bond acceptors (Lipinski definition) is 3. The first-order valence-corrected chi connectivity index (χ1v) is 6.82. The summed E-state index contributed by atoms with van der Waals surface area (Å²) >= 11 is 0. The number of nitrogens with one attached hydrogen (secondary N) is 1. The van der Waals surface area contributed by atoms with Gasteiger partial charge in [-0.25, -0.2) is 0 Å². The van der Waals surface area contributed by atoms with E-state index >= 15 is 0 Å². The second kappa shape index (κ2) is 7.39. The van der Waals surface area contributed by atoms with Crippen molar-refractivity contribution >= 4 is 0 Å². The quantitative estimate of drug-likeness (QED) is 0.785. The second-order valence-electron chi connectivity index (χ2n) is 4.84. The van der Waals surface area contributed by atoms with Crippen LogP contribution in [0.3, 0.4) is 0 Å². The fourth-order valence-corrected chi connectivity index (χ4v) is 2.35. The van der Waals surface area contributed by atoms with E-state index in [1.54, 1.807) is 7.11 Å². The molecule has 1 N–H and O–H groups in total. The molecule has 0 aliphatic carbocycles. The fraction of sp³-hybridized carbons (Fsp3) is 0.600. The van der Waals surface area contributed by atoms with Crippen LogP contribution in [0.2, 0.25) is 0 Å². The number of methoxy groups -OCH3 is 1. The van der Waals surface area contributed by atoms with E-state index in [4.69, 9.17) is 9.47 Å². The minimum absolute atomic E-state index is 0.611. The molecule has 1 aromatic carbocycles. The summed E-state index contributed by atoms with van der Waals surface area (Å²) in [6, 6.07) is 9.08. The first-order valence-electron chi connectivity index (χ1n) is 6.82. The zero-order valence-corrected chi connectivity index (χ0v) is 11.2. The summed E-state index contributed by atoms with van der Waals surface area (Å²) in [4.78, 5) is 0. The van der Waals surface area contributed by atoms with Crippen molar-refractivity contribution in [2.75, 3.05) is 26.9 Å². The normalized spacial score (nSPS) is 19.7. The van der Waals surface area contributed by atoms with Gasteiger partial charge in [0.05, 0.1) is 6.61 Å². The summed E-state index contributed by atoms with van der Waals surface area (Å²) in [5.74, 6) is 0.924. The highest BCUT2D eigenvalue weighted by molar-refractivity contribution is 5.27. The maximum absolute atomic E-state index is 5.55. The molecule has 100 valence electrons. The van der Waals surface area contributed by atoms with Gasteiger partial charge >= 0.3 is 0 Å². The van der Waals surface area contributed by atoms with Crippen molar-refractivity contribution in [3.8, 4) is 5.75 Å². The smallest absolute Gasteiger partial charge is 0.119 e. The molecule has 1 saturated heterocycles. The monoisotopic (exact) mass is 249 g/mol. The maximum Gasteiger partial charge on any atom is 0.119 e. The molecule has 1 aromatic rings. The number of hydrogen-bond donors (Lipinski definition) is 1. The van der Waals surface area contributed by atoms with E-state index in [1.807, 2.05) is 12.1 Å². The average molecular weight is 249 g/mol. The highest BCUT2D eigenvalue weighted by Gasteiger charge is 2.12. The molecule has 0 amide bonds. The predicted molar refractivity (Wildman–Crippen MR) is 73.2 cm³/mol. The molecule has 0 radical (unpaired) electrons. The Bertz CT molecular complexity index is 331. The molecule has 1 heterocycles. The molecular formula is C15H23NO2. The first kappa shape index (κ1) is 13.4. The van der Waals surface area contributed by atoms with Gasteiger partial charge in [0.15, 0.2) is 0 Å². The number of rotatable bonds is 6. The zero-order chi connectivity index (χ0) is 12.6. The third-order valence-electron chi connectivity index (χ3n) is 3.37. The Morgan fingerprint density at radius 3 is 2.67 bits per heavy atom. The van der Waals surface area contributed by atoms with Crippen LogP contribution < -0.4 is 10.1 Å². The van der Waals surface area contributed by atoms with Crippen molar-refractivity contribution in [2.45, 2.75) is 31.7 Å². The molecular weight excluding hydrogens is 226 g/mol. The van der Waals surface area contributed by atoms with Crippen molar-refractivity contribution in [3.63, 3.8) is 0 Å². The molecule has 0 spiro atoms. The number of benzene rings is 1. The third kappa shape index (κ3) is 4.31. The Hall–Kier alpha value is -1.06. The lowest BCUT2D eigenvalue weighted by atomic mass is 9.98. The molecule has 1 aliphatic rings. The van der Waals surface area contributed by atoms with Crippen molar-refractivity contribution in [3.05, 3.63) is 29.8 Å². The van der Waals surface area contributed by atoms with Crippen molar-refractivity contribution in [1.29, 1.82) is 0 Å². The van der Waals surface area contributed by atoms with Gasteiger partial charge in [-0.3, -0.25) is 0 Å². The molecule has 1 aliphatic heterocycles. The summed E-state index contributed by atoms with van der Waals surface area (Å²) in [7, 11) is 1.68. The van der Waals surface area contributed by atoms with E-state index in [0.717, 1.165) is 12.2 Å². The molecule has 0 aromatic heterocycles. The van der Waals surface area contributed by atoms with Crippen LogP contribution in [0.4, 0.5) is 0 Å². The summed E-state index contributed by atoms with van der Waals surface area (Å²) in [5, 5.41) is 3.58. The Kier molecular flexibility index (Phi) is 5.49. The van der Waals surface area contributed by atoms with Crippen LogP contribution in [0.1, 0.15) is 24.8 Å². The number of ether oxygens (including phenoxy) is 2. The molecule has 3 nitrogen and oxygen atoms in total. The summed E-state index contributed by atoms with van der Waals surface area (Å²) in [5.41, 5.74) is 1.38. The van der Waals surface area contributed by atoms with Gasteiger partial charge in [0.2, 0.25) is 0 Å². The Morgan fingerprint density at radius 1 is 1.17 bits per heavy atom. The first-order chi connectivity index (χ1) is 8.88. The Labute approximate surface area is 109 Å². The van der Waals surface area contributed by atoms with Gasteiger partial charge in [0, 0.05) is 13.2 Å². The van der Waals surface area contributed by atoms with Gasteiger partial charge in [-0.2, -0.15) is 0 Å². The third-order valence-corrected chi connectivity index (χ3v) is 3.37. The van der Waals surface area contributed by atoms with Gasteiger partial charge in [0.1, 0.15) is 12.4 Å². The van der Waals surface area contributed by atoms with Gasteiger partial charge in [-0.1, -0.05) is 18.6 Å². The van der Waals surface area contributed by atoms with Crippen molar-refractivity contribution in [2.24, 2.45) is 0 Å². The molecule has 3 heteroatoms. The molecule has 0 saturated carbocycles. The number of piperidine rings is 1. The lowest BCUT2D eigenvalue weighted by Crippen LogP contribution is -2.35. The Morgan fingerprint density at radius 2 is 2.00 bits per heavy atom. The van der Waals surface area contributed by atoms with Gasteiger partial charge < -0.3 is 14.8 Å². The second-order valence-corrected chi connectivity index (χ2v) is 4.84. The highest BCUT2D eigenvalue weighted by Crippen LogP contribution is 2.16. The van der Waals surface area contributed by atoms with Crippen LogP contribution in [-0.4, -0.2) is 32.9 Å². The SMILES string of the molecule is COCCOc1ccc(CC2CCCCN2)cc1. The van der Waals surface area contributed by atoms with E-state index in [-0.39, 0.29) is 0 Å². The van der Waals surface area contributed by atoms with E-state index in [1.165, 1.54) is 31.4 Å². The molecule has 1 fully saturated rings. The molecule has 2 rings (SSSR count). The van der Waals surface area contributed by atoms with Crippen LogP contribution in [0, 0.1) is 0 Å². The van der Waals surface area contributed by atoms with Crippen molar-refractivity contribution in [1.82, 2.24) is 5.32 Å². The van der Waals surface area contributed by atoms with Crippen LogP contribution in [0.25, 0.3) is 0 Å². The molecule has 0 bridgehead atoms. The fourth-order valence-electron chi connectivity index (χ4n) is 2.35. The molecule has 18 heavy (non-hydrogen) atoms. The topological polar surface area (TPSA) is 30.5 Å². The zero-order valence-electron chi connectivity index (χ0n) is 11.2. The van der Waals surface area contributed by atoms with Crippen LogP contribution in [0.5, 0.6) is 5.75 Å². The largest absolute Gasteiger partial charge is 0.491 e. The minimum Gasteiger partial charge on any atom is -0.491 e. The minimum atomic E-state index is 0.611. The van der Waals surface area contributed by atoms with E-state index in [9.17, 15) is 0 Å². The van der Waals surface area contributed by atoms with Crippen molar-refractivity contribution < 1.29 is 9.47 Å². The van der Waals surface area contributed by atoms with Crippen LogP contribution in [-0.2, 0) is 11.2 Å². The van der Waals surface area contributed by atoms with Gasteiger partial charge in [-0.05, 0) is 43.5 Å². The maximum atomic E-state index is 5.55. The predicted octanol–water partition coefficient (Wildman–Crippen LogP) is 2.40. The lowest BCUT2D eigenvalue weighted by molar-refractivity contribution is 0.146. The van der Waals surface area contributed by atoms with Gasteiger partial charge in [-0.15, -0.1) is 0 Å². The Balaban J connectivity index is 1.79. The average Bonchev–Trinajstić information content (AvgIpc) is 2.42. The molecule has 1 unspecified atom stereocenters. The summed E-state index contributed by atoms with van der Waals surface area (Å²) in [6.07, 6.45) is 5.10. The summed E-state index contributed by atoms with van der Waals surface area (Å²) < 4.78 is 10.5. The van der Waals surface area contributed by atoms with Crippen LogP contribution >= 0.6 is 0 Å². The molecule has 1 atom stereocenters. The standard InChI is InChI=1S/C15H23NO2/c1-17-10-11-18-15-7-5-13(6-8-15)12-14-4-2-3-9-16-14/h5-8,14,16H,2-4,9-12H2,1H3. The van der Waals surface area contributed by atoms with Gasteiger partial charge in [0.25, 0.3) is 0 Å². The van der Waals surface area contributed by atoms with E-state index < -0.39 is 0 Å².